The Labute approximate surface area is 147 Å². The number of aromatic nitrogens is 2. The van der Waals surface area contributed by atoms with E-state index in [-0.39, 0.29) is 17.3 Å². The summed E-state index contributed by atoms with van der Waals surface area (Å²) in [6.07, 6.45) is 3.84. The molecule has 0 bridgehead atoms. The third-order valence-corrected chi connectivity index (χ3v) is 5.40. The van der Waals surface area contributed by atoms with Crippen molar-refractivity contribution < 1.29 is 9.18 Å². The number of fused-ring (bicyclic) bond motifs is 1. The predicted molar refractivity (Wildman–Crippen MR) is 95.7 cm³/mol. The third kappa shape index (κ3) is 3.07. The smallest absolute Gasteiger partial charge is 0.271 e. The number of amides is 1. The molecule has 7 heteroatoms. The predicted octanol–water partition coefficient (Wildman–Crippen LogP) is 3.57. The number of anilines is 1. The molecule has 1 aromatic carbocycles. The van der Waals surface area contributed by atoms with E-state index in [9.17, 15) is 14.0 Å². The van der Waals surface area contributed by atoms with Gasteiger partial charge >= 0.3 is 0 Å². The van der Waals surface area contributed by atoms with E-state index < -0.39 is 0 Å². The van der Waals surface area contributed by atoms with Crippen LogP contribution in [0.1, 0.15) is 28.1 Å². The van der Waals surface area contributed by atoms with E-state index in [1.54, 1.807) is 11.5 Å². The van der Waals surface area contributed by atoms with Crippen LogP contribution in [-0.2, 0) is 6.54 Å². The molecule has 0 aliphatic heterocycles. The van der Waals surface area contributed by atoms with Crippen molar-refractivity contribution >= 4 is 33.1 Å². The second kappa shape index (κ2) is 6.07. The molecule has 0 saturated heterocycles. The van der Waals surface area contributed by atoms with Crippen LogP contribution in [0.5, 0.6) is 0 Å². The normalized spacial score (nSPS) is 14.0. The maximum Gasteiger partial charge on any atom is 0.271 e. The molecule has 2 heterocycles. The standard InChI is InChI=1S/C18H16FN3O2S/c1-10-14(17(23)21-13-6-4-12(19)5-7-13)15-16(25-10)18(24)22(9-20-15)8-11-2-3-11/h4-7,9,11H,2-3,8H2,1H3,(H,21,23). The van der Waals surface area contributed by atoms with Gasteiger partial charge in [-0.3, -0.25) is 14.2 Å². The minimum absolute atomic E-state index is 0.0918. The van der Waals surface area contributed by atoms with Gasteiger partial charge in [0, 0.05) is 17.1 Å². The quantitative estimate of drug-likeness (QED) is 0.776. The molecule has 3 aromatic rings. The van der Waals surface area contributed by atoms with E-state index in [0.29, 0.717) is 33.9 Å². The summed E-state index contributed by atoms with van der Waals surface area (Å²) in [5.41, 5.74) is 1.23. The van der Waals surface area contributed by atoms with Crippen molar-refractivity contribution in [2.24, 2.45) is 5.92 Å². The molecule has 0 atom stereocenters. The number of rotatable bonds is 4. The highest BCUT2D eigenvalue weighted by molar-refractivity contribution is 7.19. The van der Waals surface area contributed by atoms with Crippen LogP contribution in [0.15, 0.2) is 35.4 Å². The first-order valence-corrected chi connectivity index (χ1v) is 8.90. The zero-order chi connectivity index (χ0) is 17.6. The summed E-state index contributed by atoms with van der Waals surface area (Å²) in [7, 11) is 0. The molecule has 5 nitrogen and oxygen atoms in total. The van der Waals surface area contributed by atoms with Gasteiger partial charge in [-0.25, -0.2) is 9.37 Å². The zero-order valence-corrected chi connectivity index (χ0v) is 14.4. The summed E-state index contributed by atoms with van der Waals surface area (Å²) in [6.45, 7) is 2.49. The number of nitrogens with one attached hydrogen (secondary N) is 1. The monoisotopic (exact) mass is 357 g/mol. The molecular weight excluding hydrogens is 341 g/mol. The molecule has 1 fully saturated rings. The van der Waals surface area contributed by atoms with Crippen LogP contribution in [0.2, 0.25) is 0 Å². The highest BCUT2D eigenvalue weighted by Gasteiger charge is 2.24. The number of halogens is 1. The minimum Gasteiger partial charge on any atom is -0.322 e. The molecule has 128 valence electrons. The van der Waals surface area contributed by atoms with E-state index in [4.69, 9.17) is 0 Å². The van der Waals surface area contributed by atoms with Gasteiger partial charge in [-0.15, -0.1) is 11.3 Å². The van der Waals surface area contributed by atoms with Crippen molar-refractivity contribution in [3.63, 3.8) is 0 Å². The molecule has 4 rings (SSSR count). The lowest BCUT2D eigenvalue weighted by molar-refractivity contribution is 0.102. The summed E-state index contributed by atoms with van der Waals surface area (Å²) in [6, 6.07) is 5.55. The lowest BCUT2D eigenvalue weighted by Gasteiger charge is -2.06. The topological polar surface area (TPSA) is 64.0 Å². The summed E-state index contributed by atoms with van der Waals surface area (Å²) in [4.78, 5) is 30.4. The Morgan fingerprint density at radius 2 is 2.08 bits per heavy atom. The molecule has 1 N–H and O–H groups in total. The highest BCUT2D eigenvalue weighted by Crippen LogP contribution is 2.31. The molecular formula is C18H16FN3O2S. The summed E-state index contributed by atoms with van der Waals surface area (Å²) >= 11 is 1.29. The maximum absolute atomic E-state index is 13.0. The number of nitrogens with zero attached hydrogens (tertiary/aromatic N) is 2. The van der Waals surface area contributed by atoms with Gasteiger partial charge in [-0.05, 0) is 49.9 Å². The molecule has 1 aliphatic carbocycles. The first-order valence-electron chi connectivity index (χ1n) is 8.08. The van der Waals surface area contributed by atoms with Gasteiger partial charge in [0.2, 0.25) is 0 Å². The zero-order valence-electron chi connectivity index (χ0n) is 13.6. The van der Waals surface area contributed by atoms with Gasteiger partial charge in [0.25, 0.3) is 11.5 Å². The largest absolute Gasteiger partial charge is 0.322 e. The number of carbonyl (C=O) groups is 1. The fraction of sp³-hybridized carbons (Fsp3) is 0.278. The van der Waals surface area contributed by atoms with Gasteiger partial charge < -0.3 is 5.32 Å². The Morgan fingerprint density at radius 1 is 1.36 bits per heavy atom. The van der Waals surface area contributed by atoms with Crippen molar-refractivity contribution in [2.75, 3.05) is 5.32 Å². The van der Waals surface area contributed by atoms with Crippen LogP contribution < -0.4 is 10.9 Å². The van der Waals surface area contributed by atoms with Crippen LogP contribution in [0.4, 0.5) is 10.1 Å². The van der Waals surface area contributed by atoms with E-state index >= 15 is 0 Å². The average molecular weight is 357 g/mol. The van der Waals surface area contributed by atoms with E-state index in [1.807, 2.05) is 0 Å². The Balaban J connectivity index is 1.70. The van der Waals surface area contributed by atoms with Crippen molar-refractivity contribution in [3.8, 4) is 0 Å². The molecule has 2 aromatic heterocycles. The minimum atomic E-state index is -0.368. The van der Waals surface area contributed by atoms with Crippen molar-refractivity contribution in [2.45, 2.75) is 26.3 Å². The second-order valence-corrected chi connectivity index (χ2v) is 7.54. The van der Waals surface area contributed by atoms with E-state index in [1.165, 1.54) is 41.9 Å². The number of hydrogen-bond acceptors (Lipinski definition) is 4. The molecule has 0 unspecified atom stereocenters. The molecule has 1 saturated carbocycles. The van der Waals surface area contributed by atoms with Crippen LogP contribution in [0, 0.1) is 18.7 Å². The number of aryl methyl sites for hydroxylation is 1. The first kappa shape index (κ1) is 16.0. The summed E-state index contributed by atoms with van der Waals surface area (Å²) in [5, 5.41) is 2.73. The van der Waals surface area contributed by atoms with Gasteiger partial charge in [-0.2, -0.15) is 0 Å². The van der Waals surface area contributed by atoms with Crippen molar-refractivity contribution in [1.29, 1.82) is 0 Å². The summed E-state index contributed by atoms with van der Waals surface area (Å²) in [5.74, 6) is -0.144. The SMILES string of the molecule is Cc1sc2c(=O)n(CC3CC3)cnc2c1C(=O)Nc1ccc(F)cc1. The number of hydrogen-bond donors (Lipinski definition) is 1. The first-order chi connectivity index (χ1) is 12.0. The van der Waals surface area contributed by atoms with Gasteiger partial charge in [-0.1, -0.05) is 0 Å². The van der Waals surface area contributed by atoms with Gasteiger partial charge in [0.05, 0.1) is 11.9 Å². The van der Waals surface area contributed by atoms with Gasteiger partial charge in [0.1, 0.15) is 16.0 Å². The van der Waals surface area contributed by atoms with E-state index in [2.05, 4.69) is 10.3 Å². The molecule has 25 heavy (non-hydrogen) atoms. The van der Waals surface area contributed by atoms with Crippen LogP contribution in [0.3, 0.4) is 0 Å². The van der Waals surface area contributed by atoms with E-state index in [0.717, 1.165) is 17.7 Å². The van der Waals surface area contributed by atoms with Crippen LogP contribution in [-0.4, -0.2) is 15.5 Å². The van der Waals surface area contributed by atoms with Gasteiger partial charge in [0.15, 0.2) is 0 Å². The number of thiophene rings is 1. The van der Waals surface area contributed by atoms with Crippen LogP contribution in [0.25, 0.3) is 10.2 Å². The average Bonchev–Trinajstić information content (AvgIpc) is 3.33. The Hall–Kier alpha value is -2.54. The lowest BCUT2D eigenvalue weighted by atomic mass is 10.2. The Kier molecular flexibility index (Phi) is 3.88. The summed E-state index contributed by atoms with van der Waals surface area (Å²) < 4.78 is 15.1. The molecule has 1 aliphatic rings. The van der Waals surface area contributed by atoms with Crippen molar-refractivity contribution in [3.05, 3.63) is 57.2 Å². The maximum atomic E-state index is 13.0. The molecule has 0 spiro atoms. The van der Waals surface area contributed by atoms with Crippen molar-refractivity contribution in [1.82, 2.24) is 9.55 Å². The fourth-order valence-electron chi connectivity index (χ4n) is 2.81. The lowest BCUT2D eigenvalue weighted by Crippen LogP contribution is -2.21. The number of benzene rings is 1. The number of carbonyl (C=O) groups excluding carboxylic acids is 1. The Bertz CT molecular complexity index is 1020. The van der Waals surface area contributed by atoms with Crippen LogP contribution >= 0.6 is 11.3 Å². The molecule has 0 radical (unpaired) electrons. The fourth-order valence-corrected chi connectivity index (χ4v) is 3.87. The molecule has 1 amide bonds. The Morgan fingerprint density at radius 3 is 2.76 bits per heavy atom. The highest BCUT2D eigenvalue weighted by atomic mass is 32.1. The second-order valence-electron chi connectivity index (χ2n) is 6.32. The third-order valence-electron chi connectivity index (χ3n) is 4.32.